The summed E-state index contributed by atoms with van der Waals surface area (Å²) in [4.78, 5) is 0. The van der Waals surface area contributed by atoms with E-state index in [9.17, 15) is 0 Å². The fourth-order valence-corrected chi connectivity index (χ4v) is 0.749. The van der Waals surface area contributed by atoms with Gasteiger partial charge in [-0.3, -0.25) is 0 Å². The van der Waals surface area contributed by atoms with E-state index in [1.807, 2.05) is 30.3 Å². The van der Waals surface area contributed by atoms with Crippen LogP contribution < -0.4 is 0 Å². The van der Waals surface area contributed by atoms with Crippen LogP contribution in [0.5, 0.6) is 0 Å². The molecule has 0 aliphatic rings. The molecule has 0 amide bonds. The molecule has 0 saturated carbocycles. The van der Waals surface area contributed by atoms with E-state index >= 15 is 0 Å². The molecule has 1 rings (SSSR count). The van der Waals surface area contributed by atoms with Gasteiger partial charge in [0.15, 0.2) is 0 Å². The van der Waals surface area contributed by atoms with Crippen molar-refractivity contribution in [3.8, 4) is 3.63 Å². The molecule has 0 aromatic heterocycles. The van der Waals surface area contributed by atoms with E-state index in [1.165, 1.54) is 0 Å². The number of hydrogen-bond donors (Lipinski definition) is 0. The van der Waals surface area contributed by atoms with Crippen LogP contribution in [0.25, 0.3) is 0 Å². The fourth-order valence-electron chi connectivity index (χ4n) is 0.575. The van der Waals surface area contributed by atoms with Crippen molar-refractivity contribution in [1.29, 1.82) is 0 Å². The fraction of sp³-hybridized carbons (Fsp3) is 0. The molecule has 0 saturated heterocycles. The molecule has 1 aromatic carbocycles. The predicted molar refractivity (Wildman–Crippen MR) is 40.6 cm³/mol. The summed E-state index contributed by atoms with van der Waals surface area (Å²) in [5.41, 5.74) is 0.876. The van der Waals surface area contributed by atoms with E-state index in [2.05, 4.69) is 13.9 Å². The SMILES string of the molecule is [Bi]#[C]N=Nc1ccccc1. The van der Waals surface area contributed by atoms with E-state index in [-0.39, 0.29) is 0 Å². The second kappa shape index (κ2) is 4.32. The minimum absolute atomic E-state index is 0.876. The van der Waals surface area contributed by atoms with Crippen molar-refractivity contribution >= 4 is 29.7 Å². The first-order chi connectivity index (χ1) is 4.93. The quantitative estimate of drug-likeness (QED) is 0.556. The summed E-state index contributed by atoms with van der Waals surface area (Å²) >= 11 is 1.01. The van der Waals surface area contributed by atoms with Crippen LogP contribution in [-0.2, 0) is 0 Å². The van der Waals surface area contributed by atoms with Crippen LogP contribution in [0.3, 0.4) is 0 Å². The Kier molecular flexibility index (Phi) is 3.28. The molecule has 48 valence electrons. The molecule has 0 aliphatic carbocycles. The maximum atomic E-state index is 3.87. The van der Waals surface area contributed by atoms with Gasteiger partial charge in [0.05, 0.1) is 0 Å². The van der Waals surface area contributed by atoms with Crippen LogP contribution in [-0.4, -0.2) is 24.0 Å². The molecule has 0 N–H and O–H groups in total. The third-order valence-electron chi connectivity index (χ3n) is 0.966. The molecule has 0 bridgehead atoms. The maximum absolute atomic E-state index is 3.87. The molecule has 2 nitrogen and oxygen atoms in total. The Morgan fingerprint density at radius 2 is 1.90 bits per heavy atom. The van der Waals surface area contributed by atoms with Gasteiger partial charge in [-0.05, 0) is 0 Å². The van der Waals surface area contributed by atoms with Gasteiger partial charge in [0.25, 0.3) is 0 Å². The zero-order valence-electron chi connectivity index (χ0n) is 5.23. The van der Waals surface area contributed by atoms with Crippen LogP contribution >= 0.6 is 0 Å². The van der Waals surface area contributed by atoms with Gasteiger partial charge in [0.1, 0.15) is 0 Å². The Hall–Kier alpha value is -0.517. The molecule has 0 radical (unpaired) electrons. The molecule has 0 aliphatic heterocycles. The zero-order chi connectivity index (χ0) is 7.23. The number of hydrogen-bond acceptors (Lipinski definition) is 2. The van der Waals surface area contributed by atoms with Gasteiger partial charge in [-0.2, -0.15) is 0 Å². The van der Waals surface area contributed by atoms with Gasteiger partial charge >= 0.3 is 73.9 Å². The number of azo groups is 1. The first-order valence-corrected chi connectivity index (χ1v) is 4.52. The first kappa shape index (κ1) is 7.59. The molecular formula is C7H5BiN2. The van der Waals surface area contributed by atoms with Crippen molar-refractivity contribution in [2.75, 3.05) is 0 Å². The van der Waals surface area contributed by atoms with E-state index in [4.69, 9.17) is 0 Å². The van der Waals surface area contributed by atoms with Crippen LogP contribution in [0.1, 0.15) is 0 Å². The van der Waals surface area contributed by atoms with Gasteiger partial charge in [0.2, 0.25) is 0 Å². The molecule has 0 unspecified atom stereocenters. The summed E-state index contributed by atoms with van der Waals surface area (Å²) in [6.45, 7) is 0. The molecule has 0 atom stereocenters. The average Bonchev–Trinajstić information content (AvgIpc) is 2.03. The third-order valence-corrected chi connectivity index (χ3v) is 1.31. The van der Waals surface area contributed by atoms with Crippen molar-refractivity contribution in [2.24, 2.45) is 10.2 Å². The summed E-state index contributed by atoms with van der Waals surface area (Å²) < 4.78 is 2.69. The normalized spacial score (nSPS) is 9.50. The summed E-state index contributed by atoms with van der Waals surface area (Å²) in [6.07, 6.45) is 0. The van der Waals surface area contributed by atoms with Gasteiger partial charge in [0, 0.05) is 0 Å². The van der Waals surface area contributed by atoms with E-state index in [1.54, 1.807) is 0 Å². The second-order valence-corrected chi connectivity index (χ2v) is 2.41. The molecule has 10 heavy (non-hydrogen) atoms. The number of benzene rings is 1. The van der Waals surface area contributed by atoms with E-state index in [0.717, 1.165) is 29.7 Å². The van der Waals surface area contributed by atoms with Crippen LogP contribution in [0.4, 0.5) is 5.69 Å². The number of rotatable bonds is 1. The van der Waals surface area contributed by atoms with Crippen LogP contribution in [0.15, 0.2) is 40.6 Å². The Morgan fingerprint density at radius 3 is 2.50 bits per heavy atom. The van der Waals surface area contributed by atoms with Gasteiger partial charge in [-0.25, -0.2) is 0 Å². The summed E-state index contributed by atoms with van der Waals surface area (Å²) in [6, 6.07) is 9.61. The molecule has 0 heterocycles. The Balaban J connectivity index is 2.79. The van der Waals surface area contributed by atoms with Crippen LogP contribution in [0.2, 0.25) is 0 Å². The molecule has 0 spiro atoms. The van der Waals surface area contributed by atoms with E-state index < -0.39 is 0 Å². The molecular weight excluding hydrogens is 321 g/mol. The van der Waals surface area contributed by atoms with Gasteiger partial charge in [-0.1, -0.05) is 0 Å². The first-order valence-electron chi connectivity index (χ1n) is 2.78. The third kappa shape index (κ3) is 2.39. The molecule has 0 fully saturated rings. The van der Waals surface area contributed by atoms with Crippen molar-refractivity contribution in [1.82, 2.24) is 0 Å². The Bertz CT molecular complexity index is 261. The summed E-state index contributed by atoms with van der Waals surface area (Å²) in [7, 11) is 0. The average molecular weight is 326 g/mol. The minimum atomic E-state index is 0.876. The Morgan fingerprint density at radius 1 is 1.20 bits per heavy atom. The predicted octanol–water partition coefficient (Wildman–Crippen LogP) is 1.86. The topological polar surface area (TPSA) is 24.7 Å². The van der Waals surface area contributed by atoms with Crippen molar-refractivity contribution < 1.29 is 0 Å². The monoisotopic (exact) mass is 326 g/mol. The molecule has 3 heteroatoms. The number of nitrogens with zero attached hydrogens (tertiary/aromatic N) is 2. The van der Waals surface area contributed by atoms with Crippen molar-refractivity contribution in [2.45, 2.75) is 0 Å². The summed E-state index contributed by atoms with van der Waals surface area (Å²) in [5.74, 6) is 0. The van der Waals surface area contributed by atoms with Crippen LogP contribution in [0, 0.1) is 3.63 Å². The Labute approximate surface area is 73.9 Å². The van der Waals surface area contributed by atoms with E-state index in [0.29, 0.717) is 0 Å². The van der Waals surface area contributed by atoms with Gasteiger partial charge < -0.3 is 0 Å². The van der Waals surface area contributed by atoms with Crippen molar-refractivity contribution in [3.63, 3.8) is 0 Å². The molecule has 1 aromatic rings. The van der Waals surface area contributed by atoms with Gasteiger partial charge in [-0.15, -0.1) is 0 Å². The zero-order valence-corrected chi connectivity index (χ0v) is 8.71. The van der Waals surface area contributed by atoms with Crippen molar-refractivity contribution in [3.05, 3.63) is 30.3 Å². The summed E-state index contributed by atoms with van der Waals surface area (Å²) in [5, 5.41) is 7.53. The second-order valence-electron chi connectivity index (χ2n) is 1.64. The standard InChI is InChI=1S/C7H5N2.Bi/c1-8-9-7-5-3-2-4-6-7;/h2-6H;.